The summed E-state index contributed by atoms with van der Waals surface area (Å²) >= 11 is 5.87. The standard InChI is InChI=1S/C23H29ClN2O4S/c1-17-12-18(2)14-22(13-17)30-11-9-25-23(27)20-4-3-10-26(15-20)31(28,29)16-19-5-7-21(24)8-6-19/h5-8,12-14,20H,3-4,9-11,15-16H2,1-2H3,(H,25,27)/t20-/m0/s1. The monoisotopic (exact) mass is 464 g/mol. The molecule has 0 aliphatic carbocycles. The summed E-state index contributed by atoms with van der Waals surface area (Å²) in [7, 11) is -3.50. The fourth-order valence-electron chi connectivity index (χ4n) is 3.80. The molecule has 3 rings (SSSR count). The normalized spacial score (nSPS) is 17.3. The van der Waals surface area contributed by atoms with Crippen molar-refractivity contribution >= 4 is 27.5 Å². The van der Waals surface area contributed by atoms with Gasteiger partial charge in [-0.1, -0.05) is 29.8 Å². The second-order valence-corrected chi connectivity index (χ2v) is 10.4. The molecule has 0 bridgehead atoms. The first-order chi connectivity index (χ1) is 14.7. The number of halogens is 1. The van der Waals surface area contributed by atoms with Crippen molar-refractivity contribution < 1.29 is 17.9 Å². The molecule has 1 heterocycles. The molecule has 0 unspecified atom stereocenters. The molecule has 6 nitrogen and oxygen atoms in total. The van der Waals surface area contributed by atoms with Crippen LogP contribution in [0.4, 0.5) is 0 Å². The van der Waals surface area contributed by atoms with Crippen LogP contribution in [0, 0.1) is 19.8 Å². The van der Waals surface area contributed by atoms with Crippen molar-refractivity contribution in [3.8, 4) is 5.75 Å². The van der Waals surface area contributed by atoms with E-state index < -0.39 is 10.0 Å². The molecule has 0 aromatic heterocycles. The molecule has 1 aliphatic rings. The zero-order valence-electron chi connectivity index (χ0n) is 17.9. The van der Waals surface area contributed by atoms with E-state index in [2.05, 4.69) is 11.4 Å². The number of aryl methyl sites for hydroxylation is 2. The van der Waals surface area contributed by atoms with E-state index in [1.165, 1.54) is 4.31 Å². The van der Waals surface area contributed by atoms with Crippen LogP contribution in [-0.2, 0) is 20.6 Å². The van der Waals surface area contributed by atoms with Gasteiger partial charge in [0, 0.05) is 18.1 Å². The van der Waals surface area contributed by atoms with Crippen LogP contribution in [0.25, 0.3) is 0 Å². The van der Waals surface area contributed by atoms with Gasteiger partial charge in [0.15, 0.2) is 0 Å². The third-order valence-electron chi connectivity index (χ3n) is 5.28. The maximum absolute atomic E-state index is 12.8. The zero-order chi connectivity index (χ0) is 22.4. The van der Waals surface area contributed by atoms with Crippen molar-refractivity contribution in [2.24, 2.45) is 5.92 Å². The van der Waals surface area contributed by atoms with Crippen molar-refractivity contribution in [2.75, 3.05) is 26.2 Å². The Morgan fingerprint density at radius 2 is 1.84 bits per heavy atom. The highest BCUT2D eigenvalue weighted by Crippen LogP contribution is 2.22. The number of carbonyl (C=O) groups excluding carboxylic acids is 1. The van der Waals surface area contributed by atoms with E-state index in [4.69, 9.17) is 16.3 Å². The molecule has 1 saturated heterocycles. The van der Waals surface area contributed by atoms with E-state index in [1.807, 2.05) is 26.0 Å². The van der Waals surface area contributed by atoms with Gasteiger partial charge in [-0.25, -0.2) is 12.7 Å². The lowest BCUT2D eigenvalue weighted by molar-refractivity contribution is -0.126. The number of carbonyl (C=O) groups is 1. The summed E-state index contributed by atoms with van der Waals surface area (Å²) in [6.45, 7) is 5.41. The van der Waals surface area contributed by atoms with Crippen molar-refractivity contribution in [3.63, 3.8) is 0 Å². The van der Waals surface area contributed by atoms with Gasteiger partial charge in [-0.3, -0.25) is 4.79 Å². The van der Waals surface area contributed by atoms with Crippen molar-refractivity contribution in [1.82, 2.24) is 9.62 Å². The molecule has 0 saturated carbocycles. The SMILES string of the molecule is Cc1cc(C)cc(OCCNC(=O)[C@H]2CCCN(S(=O)(=O)Cc3ccc(Cl)cc3)C2)c1. The summed E-state index contributed by atoms with van der Waals surface area (Å²) in [6, 6.07) is 12.8. The Labute approximate surface area is 189 Å². The van der Waals surface area contributed by atoms with Gasteiger partial charge < -0.3 is 10.1 Å². The fourth-order valence-corrected chi connectivity index (χ4v) is 5.53. The molecule has 2 aromatic rings. The van der Waals surface area contributed by atoms with Crippen LogP contribution in [0.1, 0.15) is 29.5 Å². The van der Waals surface area contributed by atoms with Gasteiger partial charge in [0.25, 0.3) is 0 Å². The summed E-state index contributed by atoms with van der Waals surface area (Å²) in [6.07, 6.45) is 1.34. The van der Waals surface area contributed by atoms with Gasteiger partial charge in [-0.2, -0.15) is 0 Å². The van der Waals surface area contributed by atoms with Crippen LogP contribution < -0.4 is 10.1 Å². The van der Waals surface area contributed by atoms with Gasteiger partial charge in [0.2, 0.25) is 15.9 Å². The minimum Gasteiger partial charge on any atom is -0.492 e. The van der Waals surface area contributed by atoms with E-state index in [9.17, 15) is 13.2 Å². The number of nitrogens with one attached hydrogen (secondary N) is 1. The summed E-state index contributed by atoms with van der Waals surface area (Å²) in [5.74, 6) is 0.205. The van der Waals surface area contributed by atoms with Crippen LogP contribution >= 0.6 is 11.6 Å². The second-order valence-electron chi connectivity index (χ2n) is 8.04. The molecular weight excluding hydrogens is 436 g/mol. The Morgan fingerprint density at radius 1 is 1.16 bits per heavy atom. The molecule has 1 aliphatic heterocycles. The molecule has 2 aromatic carbocycles. The molecule has 168 valence electrons. The van der Waals surface area contributed by atoms with Gasteiger partial charge in [-0.05, 0) is 67.6 Å². The first kappa shape index (κ1) is 23.6. The maximum atomic E-state index is 12.8. The fraction of sp³-hybridized carbons (Fsp3) is 0.435. The summed E-state index contributed by atoms with van der Waals surface area (Å²) < 4.78 is 32.8. The van der Waals surface area contributed by atoms with Crippen molar-refractivity contribution in [3.05, 3.63) is 64.2 Å². The van der Waals surface area contributed by atoms with Gasteiger partial charge in [0.1, 0.15) is 12.4 Å². The van der Waals surface area contributed by atoms with Crippen LogP contribution in [0.2, 0.25) is 5.02 Å². The predicted molar refractivity (Wildman–Crippen MR) is 123 cm³/mol. The van der Waals surface area contributed by atoms with E-state index in [0.29, 0.717) is 43.1 Å². The van der Waals surface area contributed by atoms with Crippen LogP contribution in [0.3, 0.4) is 0 Å². The highest BCUT2D eigenvalue weighted by atomic mass is 35.5. The van der Waals surface area contributed by atoms with Gasteiger partial charge >= 0.3 is 0 Å². The summed E-state index contributed by atoms with van der Waals surface area (Å²) in [5, 5.41) is 3.45. The number of hydrogen-bond acceptors (Lipinski definition) is 4. The Bertz CT molecular complexity index is 988. The van der Waals surface area contributed by atoms with Crippen LogP contribution in [0.5, 0.6) is 5.75 Å². The van der Waals surface area contributed by atoms with Gasteiger partial charge in [-0.15, -0.1) is 0 Å². The number of ether oxygens (including phenoxy) is 1. The highest BCUT2D eigenvalue weighted by Gasteiger charge is 2.32. The molecule has 1 fully saturated rings. The molecule has 0 radical (unpaired) electrons. The molecule has 1 amide bonds. The summed E-state index contributed by atoms with van der Waals surface area (Å²) in [4.78, 5) is 12.6. The minimum absolute atomic E-state index is 0.0950. The summed E-state index contributed by atoms with van der Waals surface area (Å²) in [5.41, 5.74) is 2.93. The van der Waals surface area contributed by atoms with Gasteiger partial charge in [0.05, 0.1) is 18.2 Å². The predicted octanol–water partition coefficient (Wildman–Crippen LogP) is 3.69. The molecule has 1 atom stereocenters. The molecule has 0 spiro atoms. The Kier molecular flexibility index (Phi) is 7.97. The Balaban J connectivity index is 1.48. The lowest BCUT2D eigenvalue weighted by Gasteiger charge is -2.31. The lowest BCUT2D eigenvalue weighted by Crippen LogP contribution is -2.46. The quantitative estimate of drug-likeness (QED) is 0.604. The average Bonchev–Trinajstić information content (AvgIpc) is 2.72. The number of hydrogen-bond donors (Lipinski definition) is 1. The second kappa shape index (κ2) is 10.5. The van der Waals surface area contributed by atoms with E-state index in [-0.39, 0.29) is 24.1 Å². The topological polar surface area (TPSA) is 75.7 Å². The molecule has 31 heavy (non-hydrogen) atoms. The number of amides is 1. The number of rotatable bonds is 8. The first-order valence-corrected chi connectivity index (χ1v) is 12.4. The number of sulfonamides is 1. The minimum atomic E-state index is -3.50. The Morgan fingerprint density at radius 3 is 2.52 bits per heavy atom. The smallest absolute Gasteiger partial charge is 0.224 e. The highest BCUT2D eigenvalue weighted by molar-refractivity contribution is 7.88. The third kappa shape index (κ3) is 6.95. The van der Waals surface area contributed by atoms with Crippen LogP contribution in [-0.4, -0.2) is 44.9 Å². The largest absolute Gasteiger partial charge is 0.492 e. The maximum Gasteiger partial charge on any atom is 0.224 e. The third-order valence-corrected chi connectivity index (χ3v) is 7.34. The molecule has 1 N–H and O–H groups in total. The van der Waals surface area contributed by atoms with E-state index in [0.717, 1.165) is 16.9 Å². The number of nitrogens with zero attached hydrogens (tertiary/aromatic N) is 1. The lowest BCUT2D eigenvalue weighted by atomic mass is 9.99. The van der Waals surface area contributed by atoms with E-state index >= 15 is 0 Å². The average molecular weight is 465 g/mol. The van der Waals surface area contributed by atoms with Crippen molar-refractivity contribution in [2.45, 2.75) is 32.4 Å². The Hall–Kier alpha value is -2.09. The van der Waals surface area contributed by atoms with E-state index in [1.54, 1.807) is 24.3 Å². The zero-order valence-corrected chi connectivity index (χ0v) is 19.5. The first-order valence-electron chi connectivity index (χ1n) is 10.4. The number of benzene rings is 2. The number of piperidine rings is 1. The van der Waals surface area contributed by atoms with Crippen molar-refractivity contribution in [1.29, 1.82) is 0 Å². The molecule has 8 heteroatoms. The van der Waals surface area contributed by atoms with Crippen LogP contribution in [0.15, 0.2) is 42.5 Å². The molecular formula is C23H29ClN2O4S.